The molecule has 0 unspecified atom stereocenters. The van der Waals surface area contributed by atoms with Crippen molar-refractivity contribution in [3.63, 3.8) is 0 Å². The molecule has 0 fully saturated rings. The highest BCUT2D eigenvalue weighted by atomic mass is 32.2. The molecule has 0 atom stereocenters. The van der Waals surface area contributed by atoms with Crippen molar-refractivity contribution in [2.75, 3.05) is 11.6 Å². The molecule has 2 rings (SSSR count). The van der Waals surface area contributed by atoms with Gasteiger partial charge < -0.3 is 5.32 Å². The lowest BCUT2D eigenvalue weighted by atomic mass is 10.0. The third-order valence-corrected chi connectivity index (χ3v) is 4.15. The number of nitrogens with zero attached hydrogens (tertiary/aromatic N) is 1. The number of para-hydroxylation sites is 1. The monoisotopic (exact) mass is 316 g/mol. The number of anilines is 1. The number of amides is 1. The fraction of sp³-hybridized carbons (Fsp3) is 0.188. The van der Waals surface area contributed by atoms with Crippen LogP contribution < -0.4 is 5.32 Å². The molecule has 0 radical (unpaired) electrons. The average Bonchev–Trinajstić information content (AvgIpc) is 2.49. The van der Waals surface area contributed by atoms with Crippen molar-refractivity contribution in [3.8, 4) is 0 Å². The number of nitrogens with one attached hydrogen (secondary N) is 1. The summed E-state index contributed by atoms with van der Waals surface area (Å²) in [5.74, 6) is -0.464. The maximum absolute atomic E-state index is 12.6. The van der Waals surface area contributed by atoms with E-state index in [0.717, 1.165) is 4.90 Å². The second-order valence-electron chi connectivity index (χ2n) is 4.83. The predicted octanol–water partition coefficient (Wildman–Crippen LogP) is 4.19. The molecule has 0 aliphatic heterocycles. The Kier molecular flexibility index (Phi) is 4.82. The van der Waals surface area contributed by atoms with Crippen molar-refractivity contribution < 1.29 is 9.72 Å². The van der Waals surface area contributed by atoms with Crippen LogP contribution in [0.1, 0.15) is 21.5 Å². The number of hydrogen-bond donors (Lipinski definition) is 1. The highest BCUT2D eigenvalue weighted by molar-refractivity contribution is 7.98. The van der Waals surface area contributed by atoms with Crippen molar-refractivity contribution >= 4 is 29.0 Å². The smallest absolute Gasteiger partial charge is 0.285 e. The first-order valence-electron chi connectivity index (χ1n) is 6.64. The molecule has 114 valence electrons. The summed E-state index contributed by atoms with van der Waals surface area (Å²) in [6, 6.07) is 10.7. The zero-order valence-electron chi connectivity index (χ0n) is 12.5. The third kappa shape index (κ3) is 3.12. The average molecular weight is 316 g/mol. The van der Waals surface area contributed by atoms with E-state index in [0.29, 0.717) is 16.8 Å². The van der Waals surface area contributed by atoms with Gasteiger partial charge in [0.05, 0.1) is 10.6 Å². The van der Waals surface area contributed by atoms with Crippen LogP contribution in [0.5, 0.6) is 0 Å². The SMILES string of the molecule is CSc1ccccc1NC(=O)c1c(C)ccc(C)c1[N+](=O)[O-]. The van der Waals surface area contributed by atoms with E-state index in [1.165, 1.54) is 11.8 Å². The molecule has 0 aliphatic carbocycles. The molecular weight excluding hydrogens is 300 g/mol. The Morgan fingerprint density at radius 3 is 2.41 bits per heavy atom. The predicted molar refractivity (Wildman–Crippen MR) is 88.7 cm³/mol. The Bertz CT molecular complexity index is 744. The molecule has 0 aliphatic rings. The molecule has 0 heterocycles. The summed E-state index contributed by atoms with van der Waals surface area (Å²) >= 11 is 1.50. The molecule has 0 bridgehead atoms. The molecule has 1 amide bonds. The minimum Gasteiger partial charge on any atom is -0.321 e. The summed E-state index contributed by atoms with van der Waals surface area (Å²) in [6.07, 6.45) is 1.91. The highest BCUT2D eigenvalue weighted by Gasteiger charge is 2.25. The van der Waals surface area contributed by atoms with Crippen LogP contribution in [0.25, 0.3) is 0 Å². The molecule has 0 saturated carbocycles. The van der Waals surface area contributed by atoms with Crippen LogP contribution in [0.4, 0.5) is 11.4 Å². The maximum Gasteiger partial charge on any atom is 0.285 e. The van der Waals surface area contributed by atoms with Gasteiger partial charge in [-0.25, -0.2) is 0 Å². The van der Waals surface area contributed by atoms with E-state index in [9.17, 15) is 14.9 Å². The lowest BCUT2D eigenvalue weighted by Crippen LogP contribution is -2.16. The lowest BCUT2D eigenvalue weighted by molar-refractivity contribution is -0.385. The largest absolute Gasteiger partial charge is 0.321 e. The van der Waals surface area contributed by atoms with Gasteiger partial charge in [-0.15, -0.1) is 11.8 Å². The summed E-state index contributed by atoms with van der Waals surface area (Å²) < 4.78 is 0. The molecule has 22 heavy (non-hydrogen) atoms. The van der Waals surface area contributed by atoms with Gasteiger partial charge in [-0.3, -0.25) is 14.9 Å². The topological polar surface area (TPSA) is 72.2 Å². The number of nitro groups is 1. The van der Waals surface area contributed by atoms with Gasteiger partial charge in [0.15, 0.2) is 0 Å². The van der Waals surface area contributed by atoms with E-state index in [1.54, 1.807) is 32.0 Å². The minimum absolute atomic E-state index is 0.112. The van der Waals surface area contributed by atoms with Crippen molar-refractivity contribution in [1.82, 2.24) is 0 Å². The number of benzene rings is 2. The van der Waals surface area contributed by atoms with Crippen molar-refractivity contribution in [3.05, 3.63) is 63.2 Å². The molecule has 6 heteroatoms. The number of thioether (sulfide) groups is 1. The zero-order valence-corrected chi connectivity index (χ0v) is 13.4. The maximum atomic E-state index is 12.6. The van der Waals surface area contributed by atoms with Crippen LogP contribution in [0.15, 0.2) is 41.3 Å². The Balaban J connectivity index is 2.46. The van der Waals surface area contributed by atoms with Gasteiger partial charge in [-0.1, -0.05) is 24.3 Å². The van der Waals surface area contributed by atoms with Gasteiger partial charge in [0.2, 0.25) is 0 Å². The van der Waals surface area contributed by atoms with E-state index < -0.39 is 10.8 Å². The number of carbonyl (C=O) groups is 1. The quantitative estimate of drug-likeness (QED) is 0.521. The fourth-order valence-electron chi connectivity index (χ4n) is 2.25. The van der Waals surface area contributed by atoms with E-state index in [-0.39, 0.29) is 11.3 Å². The van der Waals surface area contributed by atoms with E-state index in [1.807, 2.05) is 24.5 Å². The Morgan fingerprint density at radius 1 is 1.14 bits per heavy atom. The molecule has 1 N–H and O–H groups in total. The molecule has 0 spiro atoms. The van der Waals surface area contributed by atoms with E-state index in [4.69, 9.17) is 0 Å². The Hall–Kier alpha value is -2.34. The van der Waals surface area contributed by atoms with Gasteiger partial charge in [0, 0.05) is 10.5 Å². The van der Waals surface area contributed by atoms with Crippen LogP contribution in [0.3, 0.4) is 0 Å². The second kappa shape index (κ2) is 6.62. The first-order valence-corrected chi connectivity index (χ1v) is 7.87. The van der Waals surface area contributed by atoms with Crippen LogP contribution in [-0.2, 0) is 0 Å². The number of hydrogen-bond acceptors (Lipinski definition) is 4. The van der Waals surface area contributed by atoms with Gasteiger partial charge in [0.25, 0.3) is 11.6 Å². The molecule has 2 aromatic carbocycles. The van der Waals surface area contributed by atoms with Crippen molar-refractivity contribution in [2.45, 2.75) is 18.7 Å². The lowest BCUT2D eigenvalue weighted by Gasteiger charge is -2.12. The molecule has 0 aromatic heterocycles. The summed E-state index contributed by atoms with van der Waals surface area (Å²) in [4.78, 5) is 24.3. The number of rotatable bonds is 4. The van der Waals surface area contributed by atoms with E-state index in [2.05, 4.69) is 5.32 Å². The van der Waals surface area contributed by atoms with Crippen LogP contribution >= 0.6 is 11.8 Å². The van der Waals surface area contributed by atoms with Gasteiger partial charge in [-0.2, -0.15) is 0 Å². The van der Waals surface area contributed by atoms with E-state index >= 15 is 0 Å². The first kappa shape index (κ1) is 16.0. The summed E-state index contributed by atoms with van der Waals surface area (Å²) in [7, 11) is 0. The molecular formula is C16H16N2O3S. The number of nitro benzene ring substituents is 1. The summed E-state index contributed by atoms with van der Waals surface area (Å²) in [6.45, 7) is 3.33. The Labute approximate surface area is 132 Å². The van der Waals surface area contributed by atoms with Gasteiger partial charge >= 0.3 is 0 Å². The molecule has 5 nitrogen and oxygen atoms in total. The standard InChI is InChI=1S/C16H16N2O3S/c1-10-8-9-11(2)15(18(20)21)14(10)16(19)17-12-6-4-5-7-13(12)22-3/h4-9H,1-3H3,(H,17,19). The number of carbonyl (C=O) groups excluding carboxylic acids is 1. The molecule has 2 aromatic rings. The highest BCUT2D eigenvalue weighted by Crippen LogP contribution is 2.29. The van der Waals surface area contributed by atoms with Crippen LogP contribution in [-0.4, -0.2) is 17.1 Å². The van der Waals surface area contributed by atoms with Crippen molar-refractivity contribution in [2.24, 2.45) is 0 Å². The van der Waals surface area contributed by atoms with Gasteiger partial charge in [-0.05, 0) is 37.8 Å². The minimum atomic E-state index is -0.502. The second-order valence-corrected chi connectivity index (χ2v) is 5.68. The van der Waals surface area contributed by atoms with Gasteiger partial charge in [0.1, 0.15) is 5.56 Å². The zero-order chi connectivity index (χ0) is 16.3. The Morgan fingerprint density at radius 2 is 1.77 bits per heavy atom. The van der Waals surface area contributed by atoms with Crippen LogP contribution in [0, 0.1) is 24.0 Å². The summed E-state index contributed by atoms with van der Waals surface area (Å²) in [5.41, 5.74) is 1.67. The molecule has 0 saturated heterocycles. The normalized spacial score (nSPS) is 10.3. The van der Waals surface area contributed by atoms with Crippen LogP contribution in [0.2, 0.25) is 0 Å². The third-order valence-electron chi connectivity index (χ3n) is 3.35. The van der Waals surface area contributed by atoms with Crippen molar-refractivity contribution in [1.29, 1.82) is 0 Å². The first-order chi connectivity index (χ1) is 10.5. The fourth-order valence-corrected chi connectivity index (χ4v) is 2.80. The number of aryl methyl sites for hydroxylation is 2. The summed E-state index contributed by atoms with van der Waals surface area (Å²) in [5, 5.41) is 14.1.